The summed E-state index contributed by atoms with van der Waals surface area (Å²) in [6, 6.07) is 45.5. The van der Waals surface area contributed by atoms with Crippen molar-refractivity contribution < 1.29 is 0 Å². The second-order valence-corrected chi connectivity index (χ2v) is 7.86. The van der Waals surface area contributed by atoms with Crippen LogP contribution in [0.3, 0.4) is 0 Å². The summed E-state index contributed by atoms with van der Waals surface area (Å²) in [4.78, 5) is 0. The number of aromatic nitrogens is 1. The molecule has 0 atom stereocenters. The van der Waals surface area contributed by atoms with E-state index in [0.717, 1.165) is 0 Å². The van der Waals surface area contributed by atoms with Gasteiger partial charge in [0.25, 0.3) is 0 Å². The van der Waals surface area contributed by atoms with E-state index < -0.39 is 0 Å². The van der Waals surface area contributed by atoms with Crippen molar-refractivity contribution in [2.24, 2.45) is 0 Å². The van der Waals surface area contributed by atoms with Crippen molar-refractivity contribution in [2.75, 3.05) is 0 Å². The normalized spacial score (nSPS) is 11.2. The first-order chi connectivity index (χ1) is 15.4. The average Bonchev–Trinajstić information content (AvgIpc) is 3.19. The predicted molar refractivity (Wildman–Crippen MR) is 132 cm³/mol. The minimum absolute atomic E-state index is 1.18. The molecule has 0 aliphatic rings. The maximum absolute atomic E-state index is 2.35. The van der Waals surface area contributed by atoms with Crippen LogP contribution in [0.1, 0.15) is 0 Å². The van der Waals surface area contributed by atoms with E-state index in [4.69, 9.17) is 0 Å². The Kier molecular flexibility index (Phi) is 4.18. The molecule has 0 spiro atoms. The number of fused-ring (bicyclic) bond motifs is 3. The number of para-hydroxylation sites is 2. The van der Waals surface area contributed by atoms with Gasteiger partial charge in [0.2, 0.25) is 0 Å². The Morgan fingerprint density at radius 2 is 0.710 bits per heavy atom. The zero-order valence-electron chi connectivity index (χ0n) is 17.1. The number of benzene rings is 5. The van der Waals surface area contributed by atoms with Crippen molar-refractivity contribution >= 4 is 21.8 Å². The van der Waals surface area contributed by atoms with Gasteiger partial charge in [0.15, 0.2) is 0 Å². The Hall–Kier alpha value is -4.10. The van der Waals surface area contributed by atoms with E-state index in [2.05, 4.69) is 132 Å². The van der Waals surface area contributed by atoms with Gasteiger partial charge in [-0.1, -0.05) is 103 Å². The van der Waals surface area contributed by atoms with Crippen LogP contribution >= 0.6 is 0 Å². The molecule has 6 rings (SSSR count). The van der Waals surface area contributed by atoms with Crippen LogP contribution in [0.15, 0.2) is 127 Å². The summed E-state index contributed by atoms with van der Waals surface area (Å²) in [5.74, 6) is 0. The fourth-order valence-corrected chi connectivity index (χ4v) is 4.49. The molecular formula is C30H21N. The predicted octanol–water partition coefficient (Wildman–Crippen LogP) is 8.12. The highest BCUT2D eigenvalue weighted by Crippen LogP contribution is 2.32. The van der Waals surface area contributed by atoms with E-state index in [-0.39, 0.29) is 0 Å². The first-order valence-electron chi connectivity index (χ1n) is 10.6. The molecule has 5 aromatic carbocycles. The third-order valence-electron chi connectivity index (χ3n) is 6.03. The molecule has 6 aromatic rings. The van der Waals surface area contributed by atoms with Crippen LogP contribution in [0, 0.1) is 0 Å². The van der Waals surface area contributed by atoms with Crippen molar-refractivity contribution in [1.29, 1.82) is 0 Å². The van der Waals surface area contributed by atoms with E-state index >= 15 is 0 Å². The van der Waals surface area contributed by atoms with Gasteiger partial charge < -0.3 is 4.57 Å². The van der Waals surface area contributed by atoms with E-state index in [1.807, 2.05) is 0 Å². The SMILES string of the molecule is c1ccc(-c2ccc(-c3ccc(-n4c5ccccc5c5ccccc54)cc3)cc2)cc1. The van der Waals surface area contributed by atoms with Crippen molar-refractivity contribution in [3.05, 3.63) is 127 Å². The van der Waals surface area contributed by atoms with Gasteiger partial charge in [-0.05, 0) is 46.5 Å². The fourth-order valence-electron chi connectivity index (χ4n) is 4.49. The van der Waals surface area contributed by atoms with Gasteiger partial charge in [0, 0.05) is 16.5 Å². The molecule has 1 heteroatoms. The van der Waals surface area contributed by atoms with Gasteiger partial charge in [-0.2, -0.15) is 0 Å². The molecule has 0 aliphatic heterocycles. The molecule has 1 nitrogen and oxygen atoms in total. The highest BCUT2D eigenvalue weighted by Gasteiger charge is 2.11. The summed E-state index contributed by atoms with van der Waals surface area (Å²) in [5, 5.41) is 2.58. The van der Waals surface area contributed by atoms with Crippen LogP contribution in [0.5, 0.6) is 0 Å². The highest BCUT2D eigenvalue weighted by molar-refractivity contribution is 6.09. The summed E-state index contributed by atoms with van der Waals surface area (Å²) in [6.45, 7) is 0. The third-order valence-corrected chi connectivity index (χ3v) is 6.03. The second-order valence-electron chi connectivity index (χ2n) is 7.86. The molecule has 0 amide bonds. The van der Waals surface area contributed by atoms with Crippen LogP contribution in [0.25, 0.3) is 49.7 Å². The lowest BCUT2D eigenvalue weighted by Gasteiger charge is -2.10. The minimum Gasteiger partial charge on any atom is -0.309 e. The van der Waals surface area contributed by atoms with Crippen LogP contribution in [0.4, 0.5) is 0 Å². The third kappa shape index (κ3) is 3.03. The van der Waals surface area contributed by atoms with Gasteiger partial charge in [-0.25, -0.2) is 0 Å². The molecule has 0 fully saturated rings. The minimum atomic E-state index is 1.18. The van der Waals surface area contributed by atoms with Gasteiger partial charge in [-0.15, -0.1) is 0 Å². The quantitative estimate of drug-likeness (QED) is 0.285. The Labute approximate surface area is 181 Å². The summed E-state index contributed by atoms with van der Waals surface area (Å²) in [7, 11) is 0. The standard InChI is InChI=1S/C30H21N/c1-2-8-22(9-3-1)23-14-16-24(17-15-23)25-18-20-26(21-19-25)31-29-12-6-4-10-27(29)28-11-5-7-13-30(28)31/h1-21H. The Morgan fingerprint density at radius 1 is 0.323 bits per heavy atom. The molecule has 146 valence electrons. The van der Waals surface area contributed by atoms with Crippen LogP contribution in [-0.2, 0) is 0 Å². The summed E-state index contributed by atoms with van der Waals surface area (Å²) < 4.78 is 2.35. The maximum atomic E-state index is 2.35. The zero-order valence-corrected chi connectivity index (χ0v) is 17.1. The number of rotatable bonds is 3. The van der Waals surface area contributed by atoms with Crippen molar-refractivity contribution in [3.8, 4) is 27.9 Å². The van der Waals surface area contributed by atoms with E-state index in [0.29, 0.717) is 0 Å². The Balaban J connectivity index is 1.40. The second kappa shape index (κ2) is 7.30. The van der Waals surface area contributed by atoms with Gasteiger partial charge >= 0.3 is 0 Å². The molecule has 0 N–H and O–H groups in total. The monoisotopic (exact) mass is 395 g/mol. The van der Waals surface area contributed by atoms with Gasteiger partial charge in [0.1, 0.15) is 0 Å². The van der Waals surface area contributed by atoms with Crippen molar-refractivity contribution in [2.45, 2.75) is 0 Å². The van der Waals surface area contributed by atoms with Crippen molar-refractivity contribution in [3.63, 3.8) is 0 Å². The molecule has 0 saturated heterocycles. The number of nitrogens with zero attached hydrogens (tertiary/aromatic N) is 1. The molecular weight excluding hydrogens is 374 g/mol. The van der Waals surface area contributed by atoms with Crippen LogP contribution < -0.4 is 0 Å². The maximum Gasteiger partial charge on any atom is 0.0541 e. The smallest absolute Gasteiger partial charge is 0.0541 e. The fraction of sp³-hybridized carbons (Fsp3) is 0. The molecule has 0 aliphatic carbocycles. The molecule has 0 bridgehead atoms. The molecule has 1 aromatic heterocycles. The van der Waals surface area contributed by atoms with E-state index in [9.17, 15) is 0 Å². The number of hydrogen-bond donors (Lipinski definition) is 0. The average molecular weight is 396 g/mol. The molecule has 0 radical (unpaired) electrons. The Bertz CT molecular complexity index is 1440. The highest BCUT2D eigenvalue weighted by atomic mass is 15.0. The molecule has 0 saturated carbocycles. The molecule has 1 heterocycles. The Morgan fingerprint density at radius 3 is 1.23 bits per heavy atom. The van der Waals surface area contributed by atoms with E-state index in [1.165, 1.54) is 49.7 Å². The lowest BCUT2D eigenvalue weighted by atomic mass is 10.0. The molecule has 0 unspecified atom stereocenters. The summed E-state index contributed by atoms with van der Waals surface area (Å²) >= 11 is 0. The van der Waals surface area contributed by atoms with Crippen LogP contribution in [0.2, 0.25) is 0 Å². The van der Waals surface area contributed by atoms with Gasteiger partial charge in [0.05, 0.1) is 11.0 Å². The van der Waals surface area contributed by atoms with Gasteiger partial charge in [-0.3, -0.25) is 0 Å². The first-order valence-corrected chi connectivity index (χ1v) is 10.6. The zero-order chi connectivity index (χ0) is 20.6. The lowest BCUT2D eigenvalue weighted by Crippen LogP contribution is -1.93. The van der Waals surface area contributed by atoms with E-state index in [1.54, 1.807) is 0 Å². The van der Waals surface area contributed by atoms with Crippen molar-refractivity contribution in [1.82, 2.24) is 4.57 Å². The lowest BCUT2D eigenvalue weighted by molar-refractivity contribution is 1.18. The number of hydrogen-bond acceptors (Lipinski definition) is 0. The first kappa shape index (κ1) is 17.7. The summed E-state index contributed by atoms with van der Waals surface area (Å²) in [5.41, 5.74) is 8.61. The summed E-state index contributed by atoms with van der Waals surface area (Å²) in [6.07, 6.45) is 0. The molecule has 31 heavy (non-hydrogen) atoms. The van der Waals surface area contributed by atoms with Crippen LogP contribution in [-0.4, -0.2) is 4.57 Å². The topological polar surface area (TPSA) is 4.93 Å². The largest absolute Gasteiger partial charge is 0.309 e.